The third-order valence-electron chi connectivity index (χ3n) is 5.64. The maximum Gasteiger partial charge on any atom is 0.267 e. The molecule has 34 heavy (non-hydrogen) atoms. The third kappa shape index (κ3) is 10.4. The zero-order valence-corrected chi connectivity index (χ0v) is 21.2. The number of aldehydes is 1. The van der Waals surface area contributed by atoms with Gasteiger partial charge in [0.1, 0.15) is 12.0 Å². The molecule has 2 fully saturated rings. The zero-order valence-electron chi connectivity index (χ0n) is 21.2. The number of hydrogen-bond donors (Lipinski definition) is 2. The lowest BCUT2D eigenvalue weighted by molar-refractivity contribution is -0.120. The van der Waals surface area contributed by atoms with Gasteiger partial charge in [-0.3, -0.25) is 19.3 Å². The van der Waals surface area contributed by atoms with Gasteiger partial charge in [-0.15, -0.1) is 0 Å². The Labute approximate surface area is 204 Å². The van der Waals surface area contributed by atoms with Gasteiger partial charge in [0.15, 0.2) is 0 Å². The van der Waals surface area contributed by atoms with E-state index >= 15 is 0 Å². The van der Waals surface area contributed by atoms with Gasteiger partial charge in [0, 0.05) is 26.7 Å². The Morgan fingerprint density at radius 2 is 1.76 bits per heavy atom. The summed E-state index contributed by atoms with van der Waals surface area (Å²) >= 11 is 0. The topological polar surface area (TPSA) is 94.1 Å². The van der Waals surface area contributed by atoms with Crippen molar-refractivity contribution in [3.05, 3.63) is 48.6 Å². The van der Waals surface area contributed by atoms with E-state index in [4.69, 9.17) is 4.79 Å². The van der Waals surface area contributed by atoms with E-state index in [-0.39, 0.29) is 23.9 Å². The quantitative estimate of drug-likeness (QED) is 0.520. The zero-order chi connectivity index (χ0) is 25.4. The van der Waals surface area contributed by atoms with Gasteiger partial charge in [0.25, 0.3) is 5.91 Å². The van der Waals surface area contributed by atoms with Gasteiger partial charge in [0.05, 0.1) is 6.42 Å². The van der Waals surface area contributed by atoms with Crippen molar-refractivity contribution in [3.63, 3.8) is 0 Å². The van der Waals surface area contributed by atoms with E-state index in [9.17, 15) is 9.59 Å². The molecule has 2 N–H and O–H groups in total. The fraction of sp³-hybridized carbons (Fsp3) is 0.538. The average molecular weight is 472 g/mol. The number of hydrogen-bond acceptors (Lipinski definition) is 6. The Balaban J connectivity index is 0.000000289. The van der Waals surface area contributed by atoms with Crippen molar-refractivity contribution in [2.24, 2.45) is 10.5 Å². The average Bonchev–Trinajstić information content (AvgIpc) is 3.27. The van der Waals surface area contributed by atoms with Gasteiger partial charge < -0.3 is 10.2 Å². The molecule has 0 saturated carbocycles. The van der Waals surface area contributed by atoms with E-state index in [0.29, 0.717) is 11.7 Å². The Bertz CT molecular complexity index is 788. The number of allylic oxidation sites excluding steroid dienone is 1. The molecule has 8 nitrogen and oxygen atoms in total. The number of likely N-dealkylation sites (tertiary alicyclic amines) is 2. The number of rotatable bonds is 4. The lowest BCUT2D eigenvalue weighted by Crippen LogP contribution is -2.59. The Hall–Kier alpha value is -2.84. The number of nitrogens with one attached hydrogen (secondary N) is 2. The summed E-state index contributed by atoms with van der Waals surface area (Å²) in [6.45, 7) is 13.7. The van der Waals surface area contributed by atoms with E-state index < -0.39 is 0 Å². The molecule has 0 radical (unpaired) electrons. The monoisotopic (exact) mass is 471 g/mol. The van der Waals surface area contributed by atoms with Crippen molar-refractivity contribution >= 4 is 23.8 Å². The second-order valence-electron chi connectivity index (χ2n) is 8.86. The predicted molar refractivity (Wildman–Crippen MR) is 137 cm³/mol. The fourth-order valence-corrected chi connectivity index (χ4v) is 3.90. The minimum atomic E-state index is -0.307. The van der Waals surface area contributed by atoms with Crippen LogP contribution in [0.15, 0.2) is 48.1 Å². The Morgan fingerprint density at radius 3 is 2.21 bits per heavy atom. The van der Waals surface area contributed by atoms with Crippen LogP contribution in [0, 0.1) is 5.41 Å². The SMILES string of the molecule is C=CC=O.CCC.CN1CCC2(CC1)CN(Cc1ccccc1)C2.CNC(=O)C1=NNC(=O)C1. The number of carbonyl (C=O) groups is 3. The summed E-state index contributed by atoms with van der Waals surface area (Å²) < 4.78 is 0. The number of nitrogens with zero attached hydrogens (tertiary/aromatic N) is 3. The molecule has 188 valence electrons. The molecule has 0 atom stereocenters. The van der Waals surface area contributed by atoms with Crippen molar-refractivity contribution in [2.75, 3.05) is 40.3 Å². The number of piperidine rings is 1. The summed E-state index contributed by atoms with van der Waals surface area (Å²) in [6.07, 6.45) is 5.96. The first-order valence-electron chi connectivity index (χ1n) is 11.9. The minimum absolute atomic E-state index is 0.0830. The van der Waals surface area contributed by atoms with Crippen LogP contribution < -0.4 is 10.7 Å². The normalized spacial score (nSPS) is 18.2. The first kappa shape index (κ1) is 29.2. The first-order valence-corrected chi connectivity index (χ1v) is 11.9. The molecule has 2 amide bonds. The van der Waals surface area contributed by atoms with Crippen LogP contribution in [-0.4, -0.2) is 73.9 Å². The molecule has 1 spiro atoms. The predicted octanol–water partition coefficient (Wildman–Crippen LogP) is 2.61. The van der Waals surface area contributed by atoms with Crippen LogP contribution in [0.1, 0.15) is 45.1 Å². The van der Waals surface area contributed by atoms with Gasteiger partial charge in [-0.1, -0.05) is 57.2 Å². The third-order valence-corrected chi connectivity index (χ3v) is 5.64. The molecule has 3 aliphatic rings. The number of carbonyl (C=O) groups excluding carboxylic acids is 3. The first-order chi connectivity index (χ1) is 16.3. The molecule has 0 aromatic heterocycles. The smallest absolute Gasteiger partial charge is 0.267 e. The molecule has 0 bridgehead atoms. The lowest BCUT2D eigenvalue weighted by atomic mass is 9.72. The Kier molecular flexibility index (Phi) is 13.7. The molecule has 4 rings (SSSR count). The number of hydrazone groups is 1. The van der Waals surface area contributed by atoms with Crippen LogP contribution in [0.4, 0.5) is 0 Å². The summed E-state index contributed by atoms with van der Waals surface area (Å²) in [5.74, 6) is -0.544. The summed E-state index contributed by atoms with van der Waals surface area (Å²) in [6, 6.07) is 10.8. The summed E-state index contributed by atoms with van der Waals surface area (Å²) in [5.41, 5.74) is 4.54. The molecule has 0 unspecified atom stereocenters. The van der Waals surface area contributed by atoms with Crippen molar-refractivity contribution < 1.29 is 14.4 Å². The maximum atomic E-state index is 10.7. The van der Waals surface area contributed by atoms with Crippen LogP contribution in [-0.2, 0) is 20.9 Å². The van der Waals surface area contributed by atoms with Crippen LogP contribution in [0.25, 0.3) is 0 Å². The lowest BCUT2D eigenvalue weighted by Gasteiger charge is -2.54. The molecular weight excluding hydrogens is 430 g/mol. The fourth-order valence-electron chi connectivity index (χ4n) is 3.90. The summed E-state index contributed by atoms with van der Waals surface area (Å²) in [7, 11) is 3.74. The molecule has 8 heteroatoms. The minimum Gasteiger partial charge on any atom is -0.354 e. The van der Waals surface area contributed by atoms with Crippen LogP contribution in [0.3, 0.4) is 0 Å². The van der Waals surface area contributed by atoms with Crippen molar-refractivity contribution in [3.8, 4) is 0 Å². The van der Waals surface area contributed by atoms with Crippen molar-refractivity contribution in [2.45, 2.75) is 46.1 Å². The second-order valence-corrected chi connectivity index (χ2v) is 8.86. The number of benzene rings is 1. The van der Waals surface area contributed by atoms with Crippen molar-refractivity contribution in [1.29, 1.82) is 0 Å². The van der Waals surface area contributed by atoms with Gasteiger partial charge >= 0.3 is 0 Å². The second kappa shape index (κ2) is 15.9. The molecule has 1 aromatic carbocycles. The van der Waals surface area contributed by atoms with Crippen LogP contribution in [0.2, 0.25) is 0 Å². The van der Waals surface area contributed by atoms with E-state index in [2.05, 4.69) is 83.4 Å². The van der Waals surface area contributed by atoms with Gasteiger partial charge in [0.2, 0.25) is 5.91 Å². The molecular formula is C26H41N5O3. The highest BCUT2D eigenvalue weighted by Crippen LogP contribution is 2.40. The highest BCUT2D eigenvalue weighted by molar-refractivity contribution is 6.43. The van der Waals surface area contributed by atoms with Crippen LogP contribution in [0.5, 0.6) is 0 Å². The summed E-state index contributed by atoms with van der Waals surface area (Å²) in [4.78, 5) is 35.3. The molecule has 3 aliphatic heterocycles. The molecule has 1 aromatic rings. The highest BCUT2D eigenvalue weighted by atomic mass is 16.2. The van der Waals surface area contributed by atoms with Crippen LogP contribution >= 0.6 is 0 Å². The summed E-state index contributed by atoms with van der Waals surface area (Å²) in [5, 5.41) is 5.86. The van der Waals surface area contributed by atoms with E-state index in [0.717, 1.165) is 6.54 Å². The highest BCUT2D eigenvalue weighted by Gasteiger charge is 2.43. The maximum absolute atomic E-state index is 10.7. The Morgan fingerprint density at radius 1 is 1.21 bits per heavy atom. The largest absolute Gasteiger partial charge is 0.354 e. The standard InChI is InChI=1S/C15H22N2.C5H7N3O2.C3H4O.C3H8/c1-16-9-7-15(8-10-16)12-17(13-15)11-14-5-3-2-4-6-14;1-6-5(10)3-2-4(9)8-7-3;1-2-3-4;1-3-2/h2-6H,7-13H2,1H3;2H2,1H3,(H,6,10)(H,8,9);2-3H,1H2;3H2,1-2H3. The molecule has 2 saturated heterocycles. The van der Waals surface area contributed by atoms with Crippen molar-refractivity contribution in [1.82, 2.24) is 20.5 Å². The van der Waals surface area contributed by atoms with E-state index in [1.54, 1.807) is 0 Å². The van der Waals surface area contributed by atoms with E-state index in [1.165, 1.54) is 64.1 Å². The van der Waals surface area contributed by atoms with Gasteiger partial charge in [-0.25, -0.2) is 5.43 Å². The van der Waals surface area contributed by atoms with Gasteiger partial charge in [-0.05, 0) is 50.0 Å². The van der Waals surface area contributed by atoms with E-state index in [1.807, 2.05) is 0 Å². The molecule has 0 aliphatic carbocycles. The molecule has 3 heterocycles. The number of amides is 2. The van der Waals surface area contributed by atoms with Gasteiger partial charge in [-0.2, -0.15) is 5.10 Å².